The van der Waals surface area contributed by atoms with E-state index in [1.54, 1.807) is 4.90 Å². The highest BCUT2D eigenvalue weighted by atomic mass is 16.5. The van der Waals surface area contributed by atoms with Gasteiger partial charge in [-0.2, -0.15) is 0 Å². The maximum absolute atomic E-state index is 13.8. The Labute approximate surface area is 310 Å². The third-order valence-corrected chi connectivity index (χ3v) is 9.09. The van der Waals surface area contributed by atoms with Crippen LogP contribution >= 0.6 is 0 Å². The van der Waals surface area contributed by atoms with E-state index in [9.17, 15) is 14.4 Å². The van der Waals surface area contributed by atoms with Gasteiger partial charge in [0, 0.05) is 49.7 Å². The van der Waals surface area contributed by atoms with Crippen molar-refractivity contribution < 1.29 is 23.9 Å². The summed E-state index contributed by atoms with van der Waals surface area (Å²) >= 11 is 0. The van der Waals surface area contributed by atoms with Crippen molar-refractivity contribution in [1.82, 2.24) is 21.0 Å². The molecule has 0 radical (unpaired) electrons. The molecular formula is C40H61N7O5. The Morgan fingerprint density at radius 2 is 1.67 bits per heavy atom. The van der Waals surface area contributed by atoms with Crippen molar-refractivity contribution in [2.24, 2.45) is 17.5 Å². The normalized spacial score (nSPS) is 14.8. The predicted octanol–water partition coefficient (Wildman–Crippen LogP) is 5.29. The van der Waals surface area contributed by atoms with E-state index in [1.807, 2.05) is 76.3 Å². The number of anilines is 1. The van der Waals surface area contributed by atoms with E-state index in [1.165, 1.54) is 5.01 Å². The number of fused-ring (bicyclic) bond motifs is 2. The lowest BCUT2D eigenvalue weighted by atomic mass is 9.95. The number of amides is 3. The lowest BCUT2D eigenvalue weighted by molar-refractivity contribution is -0.126. The summed E-state index contributed by atoms with van der Waals surface area (Å²) < 4.78 is 11.4. The number of benzene rings is 2. The minimum atomic E-state index is -0.515. The Hall–Kier alpha value is -4.39. The molecule has 0 aromatic heterocycles. The van der Waals surface area contributed by atoms with Crippen LogP contribution < -0.4 is 32.4 Å². The molecule has 0 bridgehead atoms. The summed E-state index contributed by atoms with van der Waals surface area (Å²) in [6, 6.07) is 15.3. The molecule has 3 rings (SSSR count). The van der Waals surface area contributed by atoms with Crippen LogP contribution in [0.15, 0.2) is 60.7 Å². The number of hydrazine groups is 1. The van der Waals surface area contributed by atoms with E-state index in [0.29, 0.717) is 48.3 Å². The first-order valence-corrected chi connectivity index (χ1v) is 18.4. The summed E-state index contributed by atoms with van der Waals surface area (Å²) in [6.45, 7) is 16.1. The number of hydrogen-bond acceptors (Lipinski definition) is 9. The highest BCUT2D eigenvalue weighted by Crippen LogP contribution is 2.36. The maximum atomic E-state index is 13.8. The zero-order valence-electron chi connectivity index (χ0n) is 32.1. The second kappa shape index (κ2) is 20.6. The van der Waals surface area contributed by atoms with Gasteiger partial charge in [0.2, 0.25) is 11.8 Å². The van der Waals surface area contributed by atoms with Gasteiger partial charge in [0.15, 0.2) is 0 Å². The average molecular weight is 720 g/mol. The Balaban J connectivity index is 1.66. The Bertz CT molecular complexity index is 1540. The average Bonchev–Trinajstić information content (AvgIpc) is 3.09. The van der Waals surface area contributed by atoms with Crippen molar-refractivity contribution in [2.75, 3.05) is 44.8 Å². The second-order valence-corrected chi connectivity index (χ2v) is 14.4. The molecule has 2 aromatic carbocycles. The summed E-state index contributed by atoms with van der Waals surface area (Å²) in [7, 11) is 1.92. The van der Waals surface area contributed by atoms with Gasteiger partial charge in [-0.15, -0.1) is 0 Å². The monoisotopic (exact) mass is 719 g/mol. The lowest BCUT2D eigenvalue weighted by Crippen LogP contribution is -2.41. The van der Waals surface area contributed by atoms with Gasteiger partial charge in [0.05, 0.1) is 35.8 Å². The zero-order valence-corrected chi connectivity index (χ0v) is 32.1. The predicted molar refractivity (Wildman–Crippen MR) is 209 cm³/mol. The zero-order chi connectivity index (χ0) is 38.3. The van der Waals surface area contributed by atoms with Gasteiger partial charge in [-0.3, -0.25) is 9.59 Å². The molecule has 52 heavy (non-hydrogen) atoms. The van der Waals surface area contributed by atoms with Gasteiger partial charge >= 0.3 is 6.09 Å². The van der Waals surface area contributed by atoms with E-state index in [-0.39, 0.29) is 50.4 Å². The molecule has 1 aliphatic heterocycles. The fraction of sp³-hybridized carbons (Fsp3) is 0.525. The van der Waals surface area contributed by atoms with Crippen molar-refractivity contribution in [3.8, 4) is 0 Å². The molecule has 1 atom stereocenters. The number of nitrogens with two attached hydrogens (primary N) is 2. The van der Waals surface area contributed by atoms with Crippen LogP contribution in [0.5, 0.6) is 0 Å². The fourth-order valence-electron chi connectivity index (χ4n) is 5.96. The number of ether oxygens (including phenoxy) is 2. The summed E-state index contributed by atoms with van der Waals surface area (Å²) in [5, 5.41) is 10.5. The first-order valence-electron chi connectivity index (χ1n) is 18.4. The molecule has 0 aliphatic carbocycles. The van der Waals surface area contributed by atoms with Gasteiger partial charge in [-0.1, -0.05) is 68.5 Å². The van der Waals surface area contributed by atoms with Crippen molar-refractivity contribution in [3.63, 3.8) is 0 Å². The van der Waals surface area contributed by atoms with E-state index in [2.05, 4.69) is 36.4 Å². The Morgan fingerprint density at radius 1 is 0.981 bits per heavy atom. The minimum absolute atomic E-state index is 0.0147. The van der Waals surface area contributed by atoms with Crippen molar-refractivity contribution >= 4 is 35.0 Å². The third kappa shape index (κ3) is 13.0. The Morgan fingerprint density at radius 3 is 2.37 bits per heavy atom. The second-order valence-electron chi connectivity index (χ2n) is 14.4. The molecule has 0 saturated heterocycles. The smallest absolute Gasteiger partial charge is 0.407 e. The van der Waals surface area contributed by atoms with Crippen LogP contribution in [-0.4, -0.2) is 74.5 Å². The van der Waals surface area contributed by atoms with Gasteiger partial charge in [0.25, 0.3) is 0 Å². The number of hydrogen-bond donors (Lipinski definition) is 5. The molecule has 2 aromatic rings. The van der Waals surface area contributed by atoms with E-state index < -0.39 is 11.7 Å². The molecule has 1 heterocycles. The van der Waals surface area contributed by atoms with Crippen LogP contribution in [-0.2, 0) is 25.6 Å². The Kier molecular flexibility index (Phi) is 16.6. The first-order chi connectivity index (χ1) is 24.7. The number of alkyl carbamates (subject to hydrolysis) is 1. The van der Waals surface area contributed by atoms with Crippen LogP contribution in [0, 0.1) is 5.92 Å². The molecule has 0 spiro atoms. The molecule has 3 amide bonds. The fourth-order valence-corrected chi connectivity index (χ4v) is 5.96. The van der Waals surface area contributed by atoms with Crippen LogP contribution in [0.1, 0.15) is 89.8 Å². The highest BCUT2D eigenvalue weighted by Gasteiger charge is 2.28. The number of para-hydroxylation sites is 1. The molecule has 286 valence electrons. The summed E-state index contributed by atoms with van der Waals surface area (Å²) in [5.74, 6) is 6.75. The molecule has 1 unspecified atom stereocenters. The number of carbonyl (C=O) groups excluding carboxylic acids is 3. The number of rotatable bonds is 20. The molecule has 12 nitrogen and oxygen atoms in total. The molecule has 0 fully saturated rings. The number of nitrogens with zero attached hydrogens (tertiary/aromatic N) is 2. The van der Waals surface area contributed by atoms with Gasteiger partial charge in [-0.05, 0) is 71.0 Å². The number of nitrogens with one attached hydrogen (secondary N) is 3. The molecule has 1 aliphatic rings. The van der Waals surface area contributed by atoms with Gasteiger partial charge in [0.1, 0.15) is 6.61 Å². The highest BCUT2D eigenvalue weighted by molar-refractivity contribution is 6.01. The summed E-state index contributed by atoms with van der Waals surface area (Å²) in [4.78, 5) is 40.7. The van der Waals surface area contributed by atoms with Crippen molar-refractivity contribution in [2.45, 2.75) is 91.3 Å². The van der Waals surface area contributed by atoms with Crippen LogP contribution in [0.3, 0.4) is 0 Å². The van der Waals surface area contributed by atoms with Crippen molar-refractivity contribution in [3.05, 3.63) is 77.4 Å². The third-order valence-electron chi connectivity index (χ3n) is 9.09. The molecule has 12 heteroatoms. The van der Waals surface area contributed by atoms with Crippen LogP contribution in [0.4, 0.5) is 10.5 Å². The molecule has 0 saturated carbocycles. The standard InChI is InChI=1S/C40H61N7O5/c1-28(2)21-24-52-40(5,6)27-45-35(48)19-20-36(49)46-26-30-14-8-9-15-31(30)38(37(41)32-16-10-11-18-34(32)46)47(42)23-25-51-39(50)44-22-13-12-17-33(43-7)29(3)4/h8-11,14-16,18,28,33,43H,3,12-13,17,19-27,41-42H2,1-2,4-7H3,(H,44,50)(H,45,48)/b38-37-. The van der Waals surface area contributed by atoms with E-state index >= 15 is 0 Å². The van der Waals surface area contributed by atoms with E-state index in [0.717, 1.165) is 42.4 Å². The molecular weight excluding hydrogens is 658 g/mol. The quantitative estimate of drug-likeness (QED) is 0.0530. The van der Waals surface area contributed by atoms with E-state index in [4.69, 9.17) is 21.1 Å². The van der Waals surface area contributed by atoms with Gasteiger partial charge < -0.3 is 41.1 Å². The topological polar surface area (TPSA) is 164 Å². The lowest BCUT2D eigenvalue weighted by Gasteiger charge is -2.33. The number of unbranched alkanes of at least 4 members (excludes halogenated alkanes) is 1. The summed E-state index contributed by atoms with van der Waals surface area (Å²) in [6.07, 6.45) is 3.19. The SMILES string of the molecule is C=C(C)C(CCCCNC(=O)OCCN(N)/C1=C(\N)c2ccccc2N(C(=O)CCC(=O)NCC(C)(C)OCCC(C)C)Cc2ccccc21)NC. The number of likely N-dealkylation sites (N-methyl/N-ethyl adjacent to an activating group) is 1. The van der Waals surface area contributed by atoms with Crippen LogP contribution in [0.25, 0.3) is 11.4 Å². The number of carbonyl (C=O) groups is 3. The minimum Gasteiger partial charge on any atom is -0.448 e. The maximum Gasteiger partial charge on any atom is 0.407 e. The van der Waals surface area contributed by atoms with Crippen molar-refractivity contribution in [1.29, 1.82) is 0 Å². The molecule has 7 N–H and O–H groups in total. The first kappa shape index (κ1) is 42.0. The largest absolute Gasteiger partial charge is 0.448 e. The van der Waals surface area contributed by atoms with Gasteiger partial charge in [-0.25, -0.2) is 10.6 Å². The van der Waals surface area contributed by atoms with Crippen LogP contribution in [0.2, 0.25) is 0 Å². The summed E-state index contributed by atoms with van der Waals surface area (Å²) in [5.41, 5.74) is 11.2.